The Morgan fingerprint density at radius 1 is 0.939 bits per heavy atom. The number of hydrogen-bond donors (Lipinski definition) is 2. The maximum Gasteiger partial charge on any atom is 0.251 e. The standard InChI is InChI=1S/C25H22N6O2/c32-25(20-10-8-19(9-11-20)18-5-2-1-3-6-18)26-12-13-31-24-22(16-30-31)23(28-17-29-24)27-15-21-7-4-14-33-21/h1-11,14,16-17H,12-13,15H2,(H,26,32)(H,27,28,29). The third-order valence-corrected chi connectivity index (χ3v) is 5.31. The maximum absolute atomic E-state index is 12.6. The molecule has 0 aliphatic heterocycles. The molecule has 0 spiro atoms. The molecule has 5 aromatic rings. The van der Waals surface area contributed by atoms with Gasteiger partial charge in [0.2, 0.25) is 0 Å². The van der Waals surface area contributed by atoms with Crippen molar-refractivity contribution in [1.82, 2.24) is 25.1 Å². The van der Waals surface area contributed by atoms with E-state index in [0.29, 0.717) is 36.7 Å². The van der Waals surface area contributed by atoms with Crippen LogP contribution in [0.4, 0.5) is 5.82 Å². The molecule has 33 heavy (non-hydrogen) atoms. The molecule has 0 saturated heterocycles. The van der Waals surface area contributed by atoms with Gasteiger partial charge in [-0.3, -0.25) is 4.79 Å². The Bertz CT molecular complexity index is 1350. The molecular weight excluding hydrogens is 416 g/mol. The predicted octanol–water partition coefficient (Wildman–Crippen LogP) is 4.13. The Morgan fingerprint density at radius 2 is 1.76 bits per heavy atom. The number of nitrogens with one attached hydrogen (secondary N) is 2. The first kappa shape index (κ1) is 20.4. The van der Waals surface area contributed by atoms with Gasteiger partial charge in [0.1, 0.15) is 17.9 Å². The number of anilines is 1. The highest BCUT2D eigenvalue weighted by molar-refractivity contribution is 5.94. The summed E-state index contributed by atoms with van der Waals surface area (Å²) in [6, 6.07) is 21.4. The van der Waals surface area contributed by atoms with E-state index in [1.165, 1.54) is 6.33 Å². The molecule has 0 bridgehead atoms. The summed E-state index contributed by atoms with van der Waals surface area (Å²) in [6.07, 6.45) is 4.86. The van der Waals surface area contributed by atoms with Crippen molar-refractivity contribution in [3.63, 3.8) is 0 Å². The lowest BCUT2D eigenvalue weighted by atomic mass is 10.0. The molecule has 0 atom stereocenters. The molecule has 8 heteroatoms. The maximum atomic E-state index is 12.6. The van der Waals surface area contributed by atoms with Gasteiger partial charge < -0.3 is 15.1 Å². The summed E-state index contributed by atoms with van der Waals surface area (Å²) in [4.78, 5) is 21.2. The zero-order valence-electron chi connectivity index (χ0n) is 17.8. The van der Waals surface area contributed by atoms with Crippen molar-refractivity contribution in [1.29, 1.82) is 0 Å². The lowest BCUT2D eigenvalue weighted by Gasteiger charge is -2.08. The van der Waals surface area contributed by atoms with Gasteiger partial charge >= 0.3 is 0 Å². The van der Waals surface area contributed by atoms with Crippen LogP contribution in [-0.4, -0.2) is 32.2 Å². The lowest BCUT2D eigenvalue weighted by molar-refractivity contribution is 0.0952. The molecule has 0 aliphatic carbocycles. The quantitative estimate of drug-likeness (QED) is 0.378. The fourth-order valence-electron chi connectivity index (χ4n) is 3.60. The van der Waals surface area contributed by atoms with Crippen LogP contribution in [0.1, 0.15) is 16.1 Å². The van der Waals surface area contributed by atoms with Gasteiger partial charge in [-0.2, -0.15) is 5.10 Å². The number of hydrogen-bond acceptors (Lipinski definition) is 6. The lowest BCUT2D eigenvalue weighted by Crippen LogP contribution is -2.27. The first-order valence-corrected chi connectivity index (χ1v) is 10.6. The topological polar surface area (TPSA) is 97.9 Å². The van der Waals surface area contributed by atoms with E-state index < -0.39 is 0 Å². The highest BCUT2D eigenvalue weighted by Crippen LogP contribution is 2.20. The summed E-state index contributed by atoms with van der Waals surface area (Å²) in [7, 11) is 0. The van der Waals surface area contributed by atoms with Gasteiger partial charge in [0, 0.05) is 12.1 Å². The zero-order valence-corrected chi connectivity index (χ0v) is 17.8. The van der Waals surface area contributed by atoms with Crippen LogP contribution in [0.2, 0.25) is 0 Å². The van der Waals surface area contributed by atoms with Crippen molar-refractivity contribution in [2.75, 3.05) is 11.9 Å². The van der Waals surface area contributed by atoms with Crippen LogP contribution in [-0.2, 0) is 13.1 Å². The minimum Gasteiger partial charge on any atom is -0.467 e. The van der Waals surface area contributed by atoms with E-state index in [4.69, 9.17) is 4.42 Å². The summed E-state index contributed by atoms with van der Waals surface area (Å²) in [5.74, 6) is 1.38. The van der Waals surface area contributed by atoms with E-state index in [1.807, 2.05) is 66.7 Å². The van der Waals surface area contributed by atoms with Crippen molar-refractivity contribution in [2.24, 2.45) is 0 Å². The second kappa shape index (κ2) is 9.35. The monoisotopic (exact) mass is 438 g/mol. The summed E-state index contributed by atoms with van der Waals surface area (Å²) in [5.41, 5.74) is 3.52. The van der Waals surface area contributed by atoms with Gasteiger partial charge in [-0.05, 0) is 35.4 Å². The Labute approximate surface area is 190 Å². The summed E-state index contributed by atoms with van der Waals surface area (Å²) < 4.78 is 7.10. The fourth-order valence-corrected chi connectivity index (χ4v) is 3.60. The minimum atomic E-state index is -0.124. The predicted molar refractivity (Wildman–Crippen MR) is 126 cm³/mol. The van der Waals surface area contributed by atoms with Gasteiger partial charge in [-0.1, -0.05) is 42.5 Å². The van der Waals surface area contributed by atoms with Crippen LogP contribution in [0.3, 0.4) is 0 Å². The van der Waals surface area contributed by atoms with Gasteiger partial charge in [-0.15, -0.1) is 0 Å². The Morgan fingerprint density at radius 3 is 2.55 bits per heavy atom. The largest absolute Gasteiger partial charge is 0.467 e. The average molecular weight is 438 g/mol. The molecule has 2 aromatic carbocycles. The molecule has 3 heterocycles. The highest BCUT2D eigenvalue weighted by atomic mass is 16.3. The second-order valence-corrected chi connectivity index (χ2v) is 7.46. The number of furan rings is 1. The molecular formula is C25H22N6O2. The van der Waals surface area contributed by atoms with E-state index >= 15 is 0 Å². The zero-order chi connectivity index (χ0) is 22.5. The Hall–Kier alpha value is -4.46. The van der Waals surface area contributed by atoms with Gasteiger partial charge in [0.25, 0.3) is 5.91 Å². The SMILES string of the molecule is O=C(NCCn1ncc2c(NCc3ccco3)ncnc21)c1ccc(-c2ccccc2)cc1. The average Bonchev–Trinajstić information content (AvgIpc) is 3.54. The van der Waals surface area contributed by atoms with Gasteiger partial charge in [0.05, 0.1) is 30.9 Å². The fraction of sp³-hybridized carbons (Fsp3) is 0.120. The number of carbonyl (C=O) groups excluding carboxylic acids is 1. The first-order chi connectivity index (χ1) is 16.3. The van der Waals surface area contributed by atoms with Crippen molar-refractivity contribution < 1.29 is 9.21 Å². The molecule has 2 N–H and O–H groups in total. The van der Waals surface area contributed by atoms with Crippen LogP contribution in [0.5, 0.6) is 0 Å². The highest BCUT2D eigenvalue weighted by Gasteiger charge is 2.11. The number of rotatable bonds is 8. The number of fused-ring (bicyclic) bond motifs is 1. The van der Waals surface area contributed by atoms with E-state index in [-0.39, 0.29) is 5.91 Å². The van der Waals surface area contributed by atoms with Gasteiger partial charge in [0.15, 0.2) is 5.65 Å². The Kier molecular flexibility index (Phi) is 5.79. The van der Waals surface area contributed by atoms with Crippen molar-refractivity contribution >= 4 is 22.8 Å². The van der Waals surface area contributed by atoms with E-state index in [0.717, 1.165) is 22.3 Å². The molecule has 5 rings (SSSR count). The molecule has 8 nitrogen and oxygen atoms in total. The van der Waals surface area contributed by atoms with E-state index in [1.54, 1.807) is 17.1 Å². The minimum absolute atomic E-state index is 0.124. The molecule has 0 radical (unpaired) electrons. The molecule has 3 aromatic heterocycles. The third kappa shape index (κ3) is 4.59. The molecule has 1 amide bonds. The van der Waals surface area contributed by atoms with Crippen molar-refractivity contribution in [2.45, 2.75) is 13.1 Å². The normalized spacial score (nSPS) is 10.9. The summed E-state index contributed by atoms with van der Waals surface area (Å²) in [5, 5.41) is 11.4. The van der Waals surface area contributed by atoms with Crippen molar-refractivity contribution in [3.8, 4) is 11.1 Å². The molecule has 164 valence electrons. The van der Waals surface area contributed by atoms with Crippen LogP contribution in [0.15, 0.2) is 89.9 Å². The van der Waals surface area contributed by atoms with Crippen LogP contribution in [0.25, 0.3) is 22.2 Å². The molecule has 0 saturated carbocycles. The first-order valence-electron chi connectivity index (χ1n) is 10.6. The summed E-state index contributed by atoms with van der Waals surface area (Å²) >= 11 is 0. The van der Waals surface area contributed by atoms with Gasteiger partial charge in [-0.25, -0.2) is 14.6 Å². The van der Waals surface area contributed by atoms with E-state index in [9.17, 15) is 4.79 Å². The van der Waals surface area contributed by atoms with Crippen LogP contribution < -0.4 is 10.6 Å². The molecule has 0 unspecified atom stereocenters. The number of amides is 1. The number of aromatic nitrogens is 4. The Balaban J connectivity index is 1.19. The second-order valence-electron chi connectivity index (χ2n) is 7.46. The smallest absolute Gasteiger partial charge is 0.251 e. The van der Waals surface area contributed by atoms with Crippen LogP contribution >= 0.6 is 0 Å². The van der Waals surface area contributed by atoms with Crippen LogP contribution in [0, 0.1) is 0 Å². The van der Waals surface area contributed by atoms with E-state index in [2.05, 4.69) is 25.7 Å². The van der Waals surface area contributed by atoms with Crippen molar-refractivity contribution in [3.05, 3.63) is 96.8 Å². The number of benzene rings is 2. The third-order valence-electron chi connectivity index (χ3n) is 5.31. The number of nitrogens with zero attached hydrogens (tertiary/aromatic N) is 4. The molecule has 0 aliphatic rings. The molecule has 0 fully saturated rings. The number of carbonyl (C=O) groups is 1. The summed E-state index contributed by atoms with van der Waals surface area (Å²) in [6.45, 7) is 1.44.